The second-order valence-electron chi connectivity index (χ2n) is 4.40. The van der Waals surface area contributed by atoms with Crippen LogP contribution in [0.2, 0.25) is 0 Å². The minimum absolute atomic E-state index is 0.0925. The molecule has 1 amide bonds. The van der Waals surface area contributed by atoms with E-state index in [0.29, 0.717) is 22.6 Å². The number of H-pyrrole nitrogens is 1. The van der Waals surface area contributed by atoms with Gasteiger partial charge in [-0.25, -0.2) is 0 Å². The number of rotatable bonds is 3. The number of nitrogens with one attached hydrogen (secondary N) is 2. The molecule has 0 saturated carbocycles. The maximum Gasteiger partial charge on any atom is 0.272 e. The third-order valence-electron chi connectivity index (χ3n) is 2.79. The molecule has 1 aromatic heterocycles. The highest BCUT2D eigenvalue weighted by molar-refractivity contribution is 6.06. The van der Waals surface area contributed by atoms with E-state index in [1.54, 1.807) is 12.1 Å². The summed E-state index contributed by atoms with van der Waals surface area (Å²) in [5.41, 5.74) is 8.70. The zero-order valence-corrected chi connectivity index (χ0v) is 10.8. The van der Waals surface area contributed by atoms with Crippen molar-refractivity contribution in [3.05, 3.63) is 47.3 Å². The fourth-order valence-corrected chi connectivity index (χ4v) is 1.71. The Balaban J connectivity index is 2.18. The molecule has 0 saturated heterocycles. The number of hydrogen-bond donors (Lipinski definition) is 3. The molecule has 1 aromatic carbocycles. The van der Waals surface area contributed by atoms with Gasteiger partial charge in [-0.2, -0.15) is 0 Å². The zero-order valence-electron chi connectivity index (χ0n) is 10.8. The number of aromatic amines is 1. The number of aryl methyl sites for hydroxylation is 1. The molecular weight excluding hydrogens is 242 g/mol. The number of amides is 1. The summed E-state index contributed by atoms with van der Waals surface area (Å²) in [6.45, 7) is 3.37. The predicted molar refractivity (Wildman–Crippen MR) is 74.3 cm³/mol. The molecule has 0 aliphatic carbocycles. The van der Waals surface area contributed by atoms with Crippen molar-refractivity contribution in [2.75, 3.05) is 11.1 Å². The first-order valence-electron chi connectivity index (χ1n) is 5.84. The van der Waals surface area contributed by atoms with Gasteiger partial charge in [0.25, 0.3) is 5.91 Å². The van der Waals surface area contributed by atoms with E-state index >= 15 is 0 Å². The van der Waals surface area contributed by atoms with Crippen molar-refractivity contribution < 1.29 is 9.59 Å². The Morgan fingerprint density at radius 1 is 1.26 bits per heavy atom. The van der Waals surface area contributed by atoms with E-state index < -0.39 is 0 Å². The molecule has 19 heavy (non-hydrogen) atoms. The van der Waals surface area contributed by atoms with Gasteiger partial charge in [-0.15, -0.1) is 0 Å². The smallest absolute Gasteiger partial charge is 0.272 e. The Morgan fingerprint density at radius 3 is 2.58 bits per heavy atom. The van der Waals surface area contributed by atoms with E-state index in [1.165, 1.54) is 19.2 Å². The number of carbonyl (C=O) groups is 2. The standard InChI is InChI=1S/C14H15N3O2/c1-8-3-4-12(11(15)5-8)17-14(19)13-6-10(7-16-13)9(2)18/h3-7,16H,15H2,1-2H3,(H,17,19). The van der Waals surface area contributed by atoms with Gasteiger partial charge >= 0.3 is 0 Å². The van der Waals surface area contributed by atoms with Crippen LogP contribution in [0.3, 0.4) is 0 Å². The van der Waals surface area contributed by atoms with Crippen molar-refractivity contribution in [3.8, 4) is 0 Å². The SMILES string of the molecule is CC(=O)c1c[nH]c(C(=O)Nc2ccc(C)cc2N)c1. The van der Waals surface area contributed by atoms with Gasteiger partial charge in [0, 0.05) is 11.8 Å². The normalized spacial score (nSPS) is 10.2. The Labute approximate surface area is 110 Å². The second-order valence-corrected chi connectivity index (χ2v) is 4.40. The molecule has 0 aliphatic rings. The monoisotopic (exact) mass is 257 g/mol. The van der Waals surface area contributed by atoms with Crippen LogP contribution in [0.5, 0.6) is 0 Å². The lowest BCUT2D eigenvalue weighted by Crippen LogP contribution is -2.13. The number of carbonyl (C=O) groups excluding carboxylic acids is 2. The minimum atomic E-state index is -0.331. The molecule has 2 rings (SSSR count). The Hall–Kier alpha value is -2.56. The molecular formula is C14H15N3O2. The van der Waals surface area contributed by atoms with Crippen molar-refractivity contribution in [3.63, 3.8) is 0 Å². The van der Waals surface area contributed by atoms with Gasteiger partial charge in [0.2, 0.25) is 0 Å². The Bertz CT molecular complexity index is 644. The molecule has 0 unspecified atom stereocenters. The maximum atomic E-state index is 12.0. The van der Waals surface area contributed by atoms with Crippen molar-refractivity contribution in [1.29, 1.82) is 0 Å². The fourth-order valence-electron chi connectivity index (χ4n) is 1.71. The average molecular weight is 257 g/mol. The summed E-state index contributed by atoms with van der Waals surface area (Å²) in [4.78, 5) is 25.9. The van der Waals surface area contributed by atoms with Crippen molar-refractivity contribution >= 4 is 23.1 Å². The maximum absolute atomic E-state index is 12.0. The van der Waals surface area contributed by atoms with Crippen LogP contribution in [-0.4, -0.2) is 16.7 Å². The van der Waals surface area contributed by atoms with Crippen LogP contribution in [0, 0.1) is 6.92 Å². The third-order valence-corrected chi connectivity index (χ3v) is 2.79. The molecule has 0 bridgehead atoms. The van der Waals surface area contributed by atoms with E-state index in [9.17, 15) is 9.59 Å². The van der Waals surface area contributed by atoms with Crippen molar-refractivity contribution in [2.45, 2.75) is 13.8 Å². The molecule has 5 nitrogen and oxygen atoms in total. The molecule has 0 radical (unpaired) electrons. The number of anilines is 2. The number of Topliss-reactive ketones (excluding diaryl/α,β-unsaturated/α-hetero) is 1. The summed E-state index contributed by atoms with van der Waals surface area (Å²) >= 11 is 0. The summed E-state index contributed by atoms with van der Waals surface area (Å²) in [6, 6.07) is 6.91. The summed E-state index contributed by atoms with van der Waals surface area (Å²) in [5.74, 6) is -0.423. The molecule has 0 aliphatic heterocycles. The van der Waals surface area contributed by atoms with Crippen LogP contribution in [0.15, 0.2) is 30.5 Å². The van der Waals surface area contributed by atoms with Crippen LogP contribution < -0.4 is 11.1 Å². The summed E-state index contributed by atoms with van der Waals surface area (Å²) in [7, 11) is 0. The average Bonchev–Trinajstić information content (AvgIpc) is 2.82. The highest BCUT2D eigenvalue weighted by atomic mass is 16.2. The highest BCUT2D eigenvalue weighted by Crippen LogP contribution is 2.20. The van der Waals surface area contributed by atoms with Gasteiger partial charge in [-0.05, 0) is 37.6 Å². The number of aromatic nitrogens is 1. The minimum Gasteiger partial charge on any atom is -0.397 e. The molecule has 5 heteroatoms. The van der Waals surface area contributed by atoms with Gasteiger partial charge in [-0.3, -0.25) is 9.59 Å². The summed E-state index contributed by atoms with van der Waals surface area (Å²) in [5, 5.41) is 2.70. The quantitative estimate of drug-likeness (QED) is 0.582. The topological polar surface area (TPSA) is 88.0 Å². The van der Waals surface area contributed by atoms with E-state index in [-0.39, 0.29) is 11.7 Å². The summed E-state index contributed by atoms with van der Waals surface area (Å²) < 4.78 is 0. The first kappa shape index (κ1) is 12.9. The molecule has 0 fully saturated rings. The highest BCUT2D eigenvalue weighted by Gasteiger charge is 2.12. The number of benzene rings is 1. The fraction of sp³-hybridized carbons (Fsp3) is 0.143. The Kier molecular flexibility index (Phi) is 3.37. The van der Waals surface area contributed by atoms with Crippen molar-refractivity contribution in [1.82, 2.24) is 4.98 Å². The lowest BCUT2D eigenvalue weighted by Gasteiger charge is -2.07. The molecule has 2 aromatic rings. The zero-order chi connectivity index (χ0) is 14.0. The molecule has 0 atom stereocenters. The molecule has 1 heterocycles. The molecule has 4 N–H and O–H groups in total. The Morgan fingerprint density at radius 2 is 2.00 bits per heavy atom. The van der Waals surface area contributed by atoms with Crippen LogP contribution in [-0.2, 0) is 0 Å². The van der Waals surface area contributed by atoms with E-state index in [1.807, 2.05) is 13.0 Å². The van der Waals surface area contributed by atoms with E-state index in [0.717, 1.165) is 5.56 Å². The molecule has 0 spiro atoms. The molecule has 98 valence electrons. The number of nitrogens with two attached hydrogens (primary N) is 1. The van der Waals surface area contributed by atoms with Crippen LogP contribution in [0.1, 0.15) is 33.3 Å². The van der Waals surface area contributed by atoms with E-state index in [2.05, 4.69) is 10.3 Å². The van der Waals surface area contributed by atoms with Crippen molar-refractivity contribution in [2.24, 2.45) is 0 Å². The number of ketones is 1. The predicted octanol–water partition coefficient (Wildman–Crippen LogP) is 2.36. The van der Waals surface area contributed by atoms with Crippen LogP contribution in [0.4, 0.5) is 11.4 Å². The summed E-state index contributed by atoms with van der Waals surface area (Å²) in [6.07, 6.45) is 1.51. The van der Waals surface area contributed by atoms with Gasteiger partial charge in [-0.1, -0.05) is 6.07 Å². The third kappa shape index (κ3) is 2.82. The van der Waals surface area contributed by atoms with E-state index in [4.69, 9.17) is 5.73 Å². The first-order chi connectivity index (χ1) is 8.97. The first-order valence-corrected chi connectivity index (χ1v) is 5.84. The number of hydrogen-bond acceptors (Lipinski definition) is 3. The second kappa shape index (κ2) is 4.97. The number of nitrogen functional groups attached to an aromatic ring is 1. The van der Waals surface area contributed by atoms with Gasteiger partial charge < -0.3 is 16.0 Å². The largest absolute Gasteiger partial charge is 0.397 e. The van der Waals surface area contributed by atoms with Gasteiger partial charge in [0.15, 0.2) is 5.78 Å². The van der Waals surface area contributed by atoms with Gasteiger partial charge in [0.1, 0.15) is 5.69 Å². The van der Waals surface area contributed by atoms with Crippen LogP contribution >= 0.6 is 0 Å². The van der Waals surface area contributed by atoms with Gasteiger partial charge in [0.05, 0.1) is 11.4 Å². The lowest BCUT2D eigenvalue weighted by atomic mass is 10.2. The lowest BCUT2D eigenvalue weighted by molar-refractivity contribution is 0.101. The van der Waals surface area contributed by atoms with Crippen LogP contribution in [0.25, 0.3) is 0 Å².